The Morgan fingerprint density at radius 1 is 0.947 bits per heavy atom. The molecule has 0 fully saturated rings. The second kappa shape index (κ2) is 8.36. The van der Waals surface area contributed by atoms with Gasteiger partial charge in [0.05, 0.1) is 0 Å². The fourth-order valence-corrected chi connectivity index (χ4v) is 1.83. The van der Waals surface area contributed by atoms with Crippen LogP contribution in [0.3, 0.4) is 0 Å². The minimum absolute atomic E-state index is 0.286. The predicted octanol–water partition coefficient (Wildman–Crippen LogP) is 4.21. The molecule has 0 amide bonds. The highest BCUT2D eigenvalue weighted by Crippen LogP contribution is 2.13. The lowest BCUT2D eigenvalue weighted by Gasteiger charge is -1.99. The summed E-state index contributed by atoms with van der Waals surface area (Å²) in [6.07, 6.45) is 0. The lowest BCUT2D eigenvalue weighted by molar-refractivity contribution is -0.131. The number of carbonyl (C=O) groups excluding carboxylic acids is 1. The SMILES string of the molecule is CC(=O)Oc1ccc(I)cc1.Oc1ccc(I)cc1. The van der Waals surface area contributed by atoms with Gasteiger partial charge in [-0.3, -0.25) is 4.79 Å². The maximum atomic E-state index is 10.5. The van der Waals surface area contributed by atoms with Gasteiger partial charge in [-0.2, -0.15) is 0 Å². The van der Waals surface area contributed by atoms with E-state index < -0.39 is 0 Å². The van der Waals surface area contributed by atoms with Crippen LogP contribution in [0, 0.1) is 7.14 Å². The summed E-state index contributed by atoms with van der Waals surface area (Å²) in [5.74, 6) is 0.634. The molecule has 2 aromatic carbocycles. The summed E-state index contributed by atoms with van der Waals surface area (Å²) in [4.78, 5) is 10.5. The van der Waals surface area contributed by atoms with Crippen molar-refractivity contribution in [3.05, 3.63) is 55.7 Å². The standard InChI is InChI=1S/C8H7IO2.C6H5IO/c1-6(10)11-8-4-2-7(9)3-5-8;7-5-1-3-6(8)4-2-5/h2-5H,1H3;1-4,8H. The van der Waals surface area contributed by atoms with Crippen molar-refractivity contribution >= 4 is 51.2 Å². The molecule has 0 saturated heterocycles. The molecule has 19 heavy (non-hydrogen) atoms. The van der Waals surface area contributed by atoms with Gasteiger partial charge in [-0.25, -0.2) is 0 Å². The number of hydrogen-bond acceptors (Lipinski definition) is 3. The molecule has 2 aromatic rings. The van der Waals surface area contributed by atoms with Gasteiger partial charge in [0.25, 0.3) is 0 Å². The van der Waals surface area contributed by atoms with Gasteiger partial charge in [0.15, 0.2) is 0 Å². The summed E-state index contributed by atoms with van der Waals surface area (Å²) in [6, 6.07) is 14.4. The molecule has 100 valence electrons. The van der Waals surface area contributed by atoms with Gasteiger partial charge in [0.2, 0.25) is 0 Å². The maximum absolute atomic E-state index is 10.5. The number of hydrogen-bond donors (Lipinski definition) is 1. The monoisotopic (exact) mass is 482 g/mol. The van der Waals surface area contributed by atoms with Gasteiger partial charge in [-0.15, -0.1) is 0 Å². The molecule has 0 saturated carbocycles. The van der Waals surface area contributed by atoms with Crippen molar-refractivity contribution in [2.75, 3.05) is 0 Å². The molecule has 0 aromatic heterocycles. The first-order valence-corrected chi connectivity index (χ1v) is 7.51. The first-order chi connectivity index (χ1) is 8.97. The third-order valence-electron chi connectivity index (χ3n) is 1.90. The zero-order valence-electron chi connectivity index (χ0n) is 10.1. The van der Waals surface area contributed by atoms with Crippen molar-refractivity contribution in [3.63, 3.8) is 0 Å². The second-order valence-corrected chi connectivity index (χ2v) is 6.02. The summed E-state index contributed by atoms with van der Waals surface area (Å²) in [7, 11) is 0. The number of phenols is 1. The van der Waals surface area contributed by atoms with E-state index in [0.29, 0.717) is 11.5 Å². The topological polar surface area (TPSA) is 46.5 Å². The third-order valence-corrected chi connectivity index (χ3v) is 3.34. The highest BCUT2D eigenvalue weighted by molar-refractivity contribution is 14.1. The van der Waals surface area contributed by atoms with Crippen LogP contribution in [0.25, 0.3) is 0 Å². The lowest BCUT2D eigenvalue weighted by atomic mass is 10.3. The van der Waals surface area contributed by atoms with Crippen molar-refractivity contribution in [2.45, 2.75) is 6.92 Å². The van der Waals surface area contributed by atoms with Crippen molar-refractivity contribution in [1.29, 1.82) is 0 Å². The van der Waals surface area contributed by atoms with Crippen LogP contribution in [0.5, 0.6) is 11.5 Å². The van der Waals surface area contributed by atoms with Gasteiger partial charge in [-0.05, 0) is 93.7 Å². The van der Waals surface area contributed by atoms with Gasteiger partial charge in [0, 0.05) is 14.1 Å². The molecule has 2 rings (SSSR count). The van der Waals surface area contributed by atoms with Crippen LogP contribution in [0.1, 0.15) is 6.92 Å². The number of phenolic OH excluding ortho intramolecular Hbond substituents is 1. The molecule has 0 spiro atoms. The summed E-state index contributed by atoms with van der Waals surface area (Å²) in [5.41, 5.74) is 0. The van der Waals surface area contributed by atoms with Gasteiger partial charge in [-0.1, -0.05) is 0 Å². The zero-order valence-corrected chi connectivity index (χ0v) is 14.5. The lowest BCUT2D eigenvalue weighted by Crippen LogP contribution is -2.00. The van der Waals surface area contributed by atoms with Crippen LogP contribution in [0.2, 0.25) is 0 Å². The molecule has 0 radical (unpaired) electrons. The van der Waals surface area contributed by atoms with E-state index in [2.05, 4.69) is 45.2 Å². The fourth-order valence-electron chi connectivity index (χ4n) is 1.11. The Labute approximate surface area is 139 Å². The Balaban J connectivity index is 0.000000200. The smallest absolute Gasteiger partial charge is 0.308 e. The normalized spacial score (nSPS) is 9.21. The van der Waals surface area contributed by atoms with E-state index in [9.17, 15) is 4.79 Å². The highest BCUT2D eigenvalue weighted by Gasteiger charge is 1.95. The number of aromatic hydroxyl groups is 1. The molecule has 1 N–H and O–H groups in total. The summed E-state index contributed by atoms with van der Waals surface area (Å²) in [6.45, 7) is 1.39. The summed E-state index contributed by atoms with van der Waals surface area (Å²) < 4.78 is 7.09. The molecule has 0 unspecified atom stereocenters. The minimum atomic E-state index is -0.286. The second-order valence-electron chi connectivity index (χ2n) is 3.52. The summed E-state index contributed by atoms with van der Waals surface area (Å²) in [5, 5.41) is 8.75. The van der Waals surface area contributed by atoms with E-state index in [4.69, 9.17) is 9.84 Å². The van der Waals surface area contributed by atoms with E-state index in [-0.39, 0.29) is 5.97 Å². The number of esters is 1. The molecule has 0 heterocycles. The first-order valence-electron chi connectivity index (χ1n) is 5.36. The quantitative estimate of drug-likeness (QED) is 0.377. The van der Waals surface area contributed by atoms with Crippen LogP contribution in [0.15, 0.2) is 48.5 Å². The van der Waals surface area contributed by atoms with E-state index in [1.807, 2.05) is 24.3 Å². The molecule has 0 aliphatic carbocycles. The number of ether oxygens (including phenoxy) is 1. The van der Waals surface area contributed by atoms with Crippen LogP contribution >= 0.6 is 45.2 Å². The van der Waals surface area contributed by atoms with E-state index >= 15 is 0 Å². The van der Waals surface area contributed by atoms with E-state index in [1.165, 1.54) is 6.92 Å². The van der Waals surface area contributed by atoms with Crippen LogP contribution < -0.4 is 4.74 Å². The summed E-state index contributed by atoms with van der Waals surface area (Å²) >= 11 is 4.38. The van der Waals surface area contributed by atoms with Crippen molar-refractivity contribution < 1.29 is 14.6 Å². The molecular formula is C14H12I2O3. The maximum Gasteiger partial charge on any atom is 0.308 e. The molecular weight excluding hydrogens is 470 g/mol. The van der Waals surface area contributed by atoms with Crippen LogP contribution in [0.4, 0.5) is 0 Å². The third kappa shape index (κ3) is 7.36. The van der Waals surface area contributed by atoms with Gasteiger partial charge in [0.1, 0.15) is 11.5 Å². The number of halogens is 2. The fraction of sp³-hybridized carbons (Fsp3) is 0.0714. The number of benzene rings is 2. The minimum Gasteiger partial charge on any atom is -0.508 e. The van der Waals surface area contributed by atoms with Gasteiger partial charge < -0.3 is 9.84 Å². The Morgan fingerprint density at radius 3 is 1.74 bits per heavy atom. The first kappa shape index (κ1) is 16.2. The molecule has 0 atom stereocenters. The Kier molecular flexibility index (Phi) is 7.14. The van der Waals surface area contributed by atoms with Crippen LogP contribution in [-0.4, -0.2) is 11.1 Å². The Morgan fingerprint density at radius 2 is 1.37 bits per heavy atom. The average molecular weight is 482 g/mol. The Bertz CT molecular complexity index is 500. The van der Waals surface area contributed by atoms with Crippen LogP contribution in [-0.2, 0) is 4.79 Å². The van der Waals surface area contributed by atoms with Crippen molar-refractivity contribution in [3.8, 4) is 11.5 Å². The molecule has 0 aliphatic heterocycles. The largest absolute Gasteiger partial charge is 0.508 e. The highest BCUT2D eigenvalue weighted by atomic mass is 127. The molecule has 5 heteroatoms. The molecule has 0 bridgehead atoms. The predicted molar refractivity (Wildman–Crippen MR) is 91.3 cm³/mol. The average Bonchev–Trinajstić information content (AvgIpc) is 2.36. The van der Waals surface area contributed by atoms with E-state index in [1.54, 1.807) is 24.3 Å². The van der Waals surface area contributed by atoms with Crippen molar-refractivity contribution in [2.24, 2.45) is 0 Å². The molecule has 3 nitrogen and oxygen atoms in total. The number of carbonyl (C=O) groups is 1. The molecule has 0 aliphatic rings. The zero-order chi connectivity index (χ0) is 14.3. The van der Waals surface area contributed by atoms with Crippen molar-refractivity contribution in [1.82, 2.24) is 0 Å². The Hall–Kier alpha value is -0.830. The van der Waals surface area contributed by atoms with E-state index in [0.717, 1.165) is 7.14 Å². The van der Waals surface area contributed by atoms with Gasteiger partial charge >= 0.3 is 5.97 Å². The number of rotatable bonds is 1.